The predicted molar refractivity (Wildman–Crippen MR) is 123 cm³/mol. The molecule has 0 spiro atoms. The largest absolute Gasteiger partial charge is 0.449 e. The van der Waals surface area contributed by atoms with Crippen LogP contribution in [0.2, 0.25) is 0 Å². The monoisotopic (exact) mass is 448 g/mol. The van der Waals surface area contributed by atoms with Gasteiger partial charge >= 0.3 is 11.8 Å². The van der Waals surface area contributed by atoms with Gasteiger partial charge in [0.25, 0.3) is 0 Å². The Morgan fingerprint density at radius 3 is 2.33 bits per heavy atom. The molecule has 2 aliphatic carbocycles. The zero-order valence-electron chi connectivity index (χ0n) is 18.8. The Labute approximate surface area is 191 Å². The molecule has 0 radical (unpaired) electrons. The molecule has 0 saturated heterocycles. The summed E-state index contributed by atoms with van der Waals surface area (Å²) in [5.41, 5.74) is 4.53. The normalized spacial score (nSPS) is 21.6. The summed E-state index contributed by atoms with van der Waals surface area (Å²) < 4.78 is 8.43. The highest BCUT2D eigenvalue weighted by Gasteiger charge is 2.37. The third kappa shape index (κ3) is 3.84. The van der Waals surface area contributed by atoms with E-state index in [2.05, 4.69) is 34.7 Å². The number of hydrogen-bond acceptors (Lipinski definition) is 5. The van der Waals surface area contributed by atoms with Crippen LogP contribution in [0.3, 0.4) is 0 Å². The van der Waals surface area contributed by atoms with Crippen LogP contribution in [0, 0.1) is 5.92 Å². The maximum atomic E-state index is 12.5. The number of aromatic nitrogens is 3. The average molecular weight is 449 g/mol. The third-order valence-corrected chi connectivity index (χ3v) is 7.03. The molecular formula is C25H28N4O4. The molecule has 0 bridgehead atoms. The second-order valence-electron chi connectivity index (χ2n) is 9.03. The van der Waals surface area contributed by atoms with Crippen molar-refractivity contribution in [3.63, 3.8) is 0 Å². The summed E-state index contributed by atoms with van der Waals surface area (Å²) in [5.74, 6) is 0.543. The molecule has 0 aliphatic heterocycles. The molecule has 1 fully saturated rings. The fourth-order valence-electron chi connectivity index (χ4n) is 5.33. The van der Waals surface area contributed by atoms with Gasteiger partial charge in [0.05, 0.1) is 6.10 Å². The number of amides is 1. The van der Waals surface area contributed by atoms with Crippen molar-refractivity contribution in [1.82, 2.24) is 19.7 Å². The highest BCUT2D eigenvalue weighted by Crippen LogP contribution is 2.44. The highest BCUT2D eigenvalue weighted by atomic mass is 16.5. The van der Waals surface area contributed by atoms with E-state index in [0.29, 0.717) is 25.2 Å². The minimum Gasteiger partial charge on any atom is -0.449 e. The summed E-state index contributed by atoms with van der Waals surface area (Å²) in [4.78, 5) is 24.5. The second-order valence-corrected chi connectivity index (χ2v) is 9.03. The van der Waals surface area contributed by atoms with Crippen LogP contribution < -0.4 is 11.0 Å². The molecule has 0 unspecified atom stereocenters. The van der Waals surface area contributed by atoms with Crippen LogP contribution in [-0.2, 0) is 18.8 Å². The summed E-state index contributed by atoms with van der Waals surface area (Å²) in [7, 11) is 3.31. The van der Waals surface area contributed by atoms with E-state index in [1.165, 1.54) is 31.5 Å². The number of fused-ring (bicyclic) bond motifs is 3. The lowest BCUT2D eigenvalue weighted by atomic mass is 9.98. The van der Waals surface area contributed by atoms with Gasteiger partial charge < -0.3 is 15.2 Å². The lowest BCUT2D eigenvalue weighted by molar-refractivity contribution is 0.119. The zero-order valence-corrected chi connectivity index (χ0v) is 18.8. The van der Waals surface area contributed by atoms with Crippen molar-refractivity contribution >= 4 is 6.09 Å². The van der Waals surface area contributed by atoms with Crippen LogP contribution >= 0.6 is 0 Å². The number of benzene rings is 2. The molecule has 5 rings (SSSR count). The van der Waals surface area contributed by atoms with Gasteiger partial charge in [0, 0.05) is 38.4 Å². The fraction of sp³-hybridized carbons (Fsp3) is 0.400. The summed E-state index contributed by atoms with van der Waals surface area (Å²) in [6.07, 6.45) is 0.106. The van der Waals surface area contributed by atoms with E-state index in [1.54, 1.807) is 14.1 Å². The summed E-state index contributed by atoms with van der Waals surface area (Å²) in [6, 6.07) is 16.4. The van der Waals surface area contributed by atoms with E-state index in [-0.39, 0.29) is 30.1 Å². The standard InChI is InChI=1S/C25H28N4O4/c1-28-23(27-29(2)25(28)32)15-11-16(22(30)12-15)13-26-24(31)33-14-21-19-9-5-3-7-17(19)18-8-4-6-10-20(18)21/h3-10,15-16,21-22,30H,11-14H2,1-2H3,(H,26,31)/t15-,16+,22+/m0/s1. The lowest BCUT2D eigenvalue weighted by Crippen LogP contribution is -2.33. The van der Waals surface area contributed by atoms with Crippen molar-refractivity contribution in [3.05, 3.63) is 76.0 Å². The first kappa shape index (κ1) is 21.5. The molecule has 1 amide bonds. The first-order valence-electron chi connectivity index (χ1n) is 11.3. The Morgan fingerprint density at radius 1 is 1.09 bits per heavy atom. The van der Waals surface area contributed by atoms with Gasteiger partial charge in [-0.15, -0.1) is 0 Å². The average Bonchev–Trinajstić information content (AvgIpc) is 3.44. The molecule has 1 heterocycles. The molecule has 2 N–H and O–H groups in total. The van der Waals surface area contributed by atoms with Crippen LogP contribution in [0.1, 0.15) is 41.6 Å². The number of hydrogen-bond donors (Lipinski definition) is 2. The molecular weight excluding hydrogens is 420 g/mol. The topological polar surface area (TPSA) is 98.4 Å². The van der Waals surface area contributed by atoms with E-state index < -0.39 is 12.2 Å². The minimum atomic E-state index is -0.569. The molecule has 3 aromatic rings. The number of aliphatic hydroxyl groups is 1. The van der Waals surface area contributed by atoms with Crippen LogP contribution in [0.5, 0.6) is 0 Å². The Bertz CT molecular complexity index is 1200. The molecule has 33 heavy (non-hydrogen) atoms. The van der Waals surface area contributed by atoms with Crippen molar-refractivity contribution in [2.45, 2.75) is 30.8 Å². The summed E-state index contributed by atoms with van der Waals surface area (Å²) >= 11 is 0. The number of alkyl carbamates (subject to hydrolysis) is 1. The Balaban J connectivity index is 1.18. The van der Waals surface area contributed by atoms with Gasteiger partial charge in [0.15, 0.2) is 0 Å². The van der Waals surface area contributed by atoms with Crippen molar-refractivity contribution in [1.29, 1.82) is 0 Å². The number of carbonyl (C=O) groups is 1. The van der Waals surface area contributed by atoms with Crippen LogP contribution in [-0.4, -0.2) is 44.8 Å². The van der Waals surface area contributed by atoms with Crippen LogP contribution in [0.4, 0.5) is 4.79 Å². The smallest absolute Gasteiger partial charge is 0.407 e. The lowest BCUT2D eigenvalue weighted by Gasteiger charge is -2.17. The van der Waals surface area contributed by atoms with E-state index in [4.69, 9.17) is 4.74 Å². The zero-order chi connectivity index (χ0) is 23.1. The number of nitrogens with one attached hydrogen (secondary N) is 1. The number of rotatable bonds is 5. The molecule has 172 valence electrons. The van der Waals surface area contributed by atoms with Gasteiger partial charge in [-0.3, -0.25) is 4.57 Å². The van der Waals surface area contributed by atoms with Crippen molar-refractivity contribution < 1.29 is 14.6 Å². The van der Waals surface area contributed by atoms with Crippen molar-refractivity contribution in [2.75, 3.05) is 13.2 Å². The molecule has 8 heteroatoms. The van der Waals surface area contributed by atoms with Gasteiger partial charge in [-0.05, 0) is 35.1 Å². The highest BCUT2D eigenvalue weighted by molar-refractivity contribution is 5.79. The van der Waals surface area contributed by atoms with Crippen molar-refractivity contribution in [3.8, 4) is 11.1 Å². The first-order valence-corrected chi connectivity index (χ1v) is 11.3. The molecule has 2 aromatic carbocycles. The SMILES string of the molecule is Cn1nc([C@H]2C[C@H](CNC(=O)OCC3c4ccccc4-c4ccccc43)[C@H](O)C2)n(C)c1=O. The third-order valence-electron chi connectivity index (χ3n) is 7.03. The number of nitrogens with zero attached hydrogens (tertiary/aromatic N) is 3. The van der Waals surface area contributed by atoms with E-state index in [1.807, 2.05) is 24.3 Å². The second kappa shape index (κ2) is 8.51. The number of aliphatic hydroxyl groups excluding tert-OH is 1. The van der Waals surface area contributed by atoms with E-state index in [9.17, 15) is 14.7 Å². The van der Waals surface area contributed by atoms with E-state index >= 15 is 0 Å². The quantitative estimate of drug-likeness (QED) is 0.625. The number of aryl methyl sites for hydroxylation is 1. The summed E-state index contributed by atoms with van der Waals surface area (Å²) in [6.45, 7) is 0.570. The molecule has 2 aliphatic rings. The predicted octanol–water partition coefficient (Wildman–Crippen LogP) is 2.51. The molecule has 8 nitrogen and oxygen atoms in total. The maximum Gasteiger partial charge on any atom is 0.407 e. The molecule has 1 saturated carbocycles. The Hall–Kier alpha value is -3.39. The Morgan fingerprint density at radius 2 is 1.73 bits per heavy atom. The van der Waals surface area contributed by atoms with Gasteiger partial charge in [-0.1, -0.05) is 48.5 Å². The maximum absolute atomic E-state index is 12.5. The van der Waals surface area contributed by atoms with Crippen LogP contribution in [0.15, 0.2) is 53.3 Å². The number of ether oxygens (including phenoxy) is 1. The first-order chi connectivity index (χ1) is 15.9. The molecule has 3 atom stereocenters. The number of carbonyl (C=O) groups excluding carboxylic acids is 1. The van der Waals surface area contributed by atoms with Crippen LogP contribution in [0.25, 0.3) is 11.1 Å². The fourth-order valence-corrected chi connectivity index (χ4v) is 5.33. The minimum absolute atomic E-state index is 0.00930. The van der Waals surface area contributed by atoms with E-state index in [0.717, 1.165) is 0 Å². The Kier molecular flexibility index (Phi) is 5.54. The van der Waals surface area contributed by atoms with Gasteiger partial charge in [0.2, 0.25) is 0 Å². The van der Waals surface area contributed by atoms with Gasteiger partial charge in [0.1, 0.15) is 12.4 Å². The molecule has 1 aromatic heterocycles. The summed E-state index contributed by atoms with van der Waals surface area (Å²) in [5, 5.41) is 17.6. The van der Waals surface area contributed by atoms with Gasteiger partial charge in [-0.25, -0.2) is 14.3 Å². The van der Waals surface area contributed by atoms with Crippen molar-refractivity contribution in [2.24, 2.45) is 20.0 Å². The van der Waals surface area contributed by atoms with Gasteiger partial charge in [-0.2, -0.15) is 5.10 Å².